The van der Waals surface area contributed by atoms with Crippen LogP contribution in [-0.4, -0.2) is 37.8 Å². The number of guanidine groups is 1. The SMILES string of the molecule is CCNC(=NCc1ccc(C)cc1OCCOC)NCc1ccnc2ccccc12. The van der Waals surface area contributed by atoms with Crippen LogP contribution in [-0.2, 0) is 17.8 Å². The van der Waals surface area contributed by atoms with Gasteiger partial charge in [-0.2, -0.15) is 0 Å². The second kappa shape index (κ2) is 11.2. The molecule has 0 aliphatic carbocycles. The number of nitrogens with one attached hydrogen (secondary N) is 2. The Morgan fingerprint density at radius 1 is 1.03 bits per heavy atom. The zero-order valence-corrected chi connectivity index (χ0v) is 17.9. The van der Waals surface area contributed by atoms with Crippen LogP contribution in [0.3, 0.4) is 0 Å². The summed E-state index contributed by atoms with van der Waals surface area (Å²) in [6.45, 7) is 7.17. The highest BCUT2D eigenvalue weighted by Crippen LogP contribution is 2.21. The number of fused-ring (bicyclic) bond motifs is 1. The van der Waals surface area contributed by atoms with Crippen molar-refractivity contribution in [3.8, 4) is 5.75 Å². The number of methoxy groups -OCH3 is 1. The van der Waals surface area contributed by atoms with Gasteiger partial charge in [-0.1, -0.05) is 30.3 Å². The van der Waals surface area contributed by atoms with Gasteiger partial charge >= 0.3 is 0 Å². The number of aryl methyl sites for hydroxylation is 1. The van der Waals surface area contributed by atoms with Gasteiger partial charge < -0.3 is 20.1 Å². The quantitative estimate of drug-likeness (QED) is 0.321. The number of nitrogens with zero attached hydrogens (tertiary/aromatic N) is 2. The molecular weight excluding hydrogens is 376 g/mol. The second-order valence-electron chi connectivity index (χ2n) is 6.99. The third kappa shape index (κ3) is 5.94. The molecule has 0 aliphatic heterocycles. The number of aromatic nitrogens is 1. The van der Waals surface area contributed by atoms with Crippen LogP contribution in [0.2, 0.25) is 0 Å². The fourth-order valence-electron chi connectivity index (χ4n) is 3.16. The highest BCUT2D eigenvalue weighted by molar-refractivity contribution is 5.83. The van der Waals surface area contributed by atoms with E-state index in [1.54, 1.807) is 7.11 Å². The minimum absolute atomic E-state index is 0.518. The topological polar surface area (TPSA) is 67.8 Å². The zero-order chi connectivity index (χ0) is 21.2. The van der Waals surface area contributed by atoms with E-state index in [0.717, 1.165) is 40.3 Å². The molecule has 158 valence electrons. The molecule has 0 fully saturated rings. The van der Waals surface area contributed by atoms with E-state index in [2.05, 4.69) is 47.7 Å². The number of para-hydroxylation sites is 1. The van der Waals surface area contributed by atoms with Gasteiger partial charge in [-0.3, -0.25) is 4.98 Å². The first-order valence-corrected chi connectivity index (χ1v) is 10.3. The molecule has 30 heavy (non-hydrogen) atoms. The molecule has 0 amide bonds. The van der Waals surface area contributed by atoms with Crippen LogP contribution in [0.1, 0.15) is 23.6 Å². The molecule has 0 bridgehead atoms. The smallest absolute Gasteiger partial charge is 0.191 e. The maximum absolute atomic E-state index is 5.89. The standard InChI is InChI=1S/C24H30N4O2/c1-4-25-24(27-16-19-11-12-26-22-8-6-5-7-21(19)22)28-17-20-10-9-18(2)15-23(20)30-14-13-29-3/h5-12,15H,4,13-14,16-17H2,1-3H3,(H2,25,27,28). The van der Waals surface area contributed by atoms with Gasteiger partial charge in [0.2, 0.25) is 0 Å². The molecule has 2 N–H and O–H groups in total. The Kier molecular flexibility index (Phi) is 8.03. The summed E-state index contributed by atoms with van der Waals surface area (Å²) in [5.74, 6) is 1.62. The van der Waals surface area contributed by atoms with Crippen molar-refractivity contribution >= 4 is 16.9 Å². The molecule has 3 aromatic rings. The summed E-state index contributed by atoms with van der Waals surface area (Å²) in [5, 5.41) is 7.90. The number of hydrogen-bond acceptors (Lipinski definition) is 4. The van der Waals surface area contributed by atoms with E-state index in [0.29, 0.717) is 26.3 Å². The molecule has 0 unspecified atom stereocenters. The summed E-state index contributed by atoms with van der Waals surface area (Å²) < 4.78 is 11.0. The van der Waals surface area contributed by atoms with Crippen molar-refractivity contribution in [2.75, 3.05) is 26.9 Å². The lowest BCUT2D eigenvalue weighted by molar-refractivity contribution is 0.145. The lowest BCUT2D eigenvalue weighted by Crippen LogP contribution is -2.36. The Morgan fingerprint density at radius 2 is 1.90 bits per heavy atom. The lowest BCUT2D eigenvalue weighted by Gasteiger charge is -2.14. The fraction of sp³-hybridized carbons (Fsp3) is 0.333. The molecular formula is C24H30N4O2. The van der Waals surface area contributed by atoms with Crippen molar-refractivity contribution in [2.24, 2.45) is 4.99 Å². The van der Waals surface area contributed by atoms with Crippen LogP contribution in [0.25, 0.3) is 10.9 Å². The first kappa shape index (κ1) is 21.6. The first-order chi connectivity index (χ1) is 14.7. The molecule has 6 heteroatoms. The summed E-state index contributed by atoms with van der Waals surface area (Å²) in [6.07, 6.45) is 1.85. The molecule has 0 radical (unpaired) electrons. The van der Waals surface area contributed by atoms with Crippen molar-refractivity contribution in [2.45, 2.75) is 26.9 Å². The van der Waals surface area contributed by atoms with E-state index in [1.807, 2.05) is 36.5 Å². The van der Waals surface area contributed by atoms with E-state index >= 15 is 0 Å². The Labute approximate surface area is 178 Å². The predicted molar refractivity (Wildman–Crippen MR) is 122 cm³/mol. The van der Waals surface area contributed by atoms with E-state index < -0.39 is 0 Å². The summed E-state index contributed by atoms with van der Waals surface area (Å²) >= 11 is 0. The molecule has 1 aromatic heterocycles. The Balaban J connectivity index is 1.72. The van der Waals surface area contributed by atoms with Crippen LogP contribution in [0, 0.1) is 6.92 Å². The van der Waals surface area contributed by atoms with Crippen LogP contribution < -0.4 is 15.4 Å². The van der Waals surface area contributed by atoms with Gasteiger partial charge in [0.15, 0.2) is 5.96 Å². The van der Waals surface area contributed by atoms with Gasteiger partial charge in [0.25, 0.3) is 0 Å². The van der Waals surface area contributed by atoms with E-state index in [-0.39, 0.29) is 0 Å². The van der Waals surface area contributed by atoms with Gasteiger partial charge in [-0.15, -0.1) is 0 Å². The first-order valence-electron chi connectivity index (χ1n) is 10.3. The zero-order valence-electron chi connectivity index (χ0n) is 17.9. The normalized spacial score (nSPS) is 11.5. The highest BCUT2D eigenvalue weighted by atomic mass is 16.5. The van der Waals surface area contributed by atoms with Crippen LogP contribution in [0.15, 0.2) is 59.7 Å². The maximum atomic E-state index is 5.89. The van der Waals surface area contributed by atoms with E-state index in [1.165, 1.54) is 5.56 Å². The molecule has 3 rings (SSSR count). The van der Waals surface area contributed by atoms with Gasteiger partial charge in [0.05, 0.1) is 18.7 Å². The van der Waals surface area contributed by atoms with E-state index in [4.69, 9.17) is 14.5 Å². The van der Waals surface area contributed by atoms with Crippen molar-refractivity contribution < 1.29 is 9.47 Å². The van der Waals surface area contributed by atoms with Crippen molar-refractivity contribution in [1.29, 1.82) is 0 Å². The third-order valence-electron chi connectivity index (χ3n) is 4.71. The number of pyridine rings is 1. The molecule has 0 saturated heterocycles. The maximum Gasteiger partial charge on any atom is 0.191 e. The summed E-state index contributed by atoms with van der Waals surface area (Å²) in [5.41, 5.74) is 4.38. The van der Waals surface area contributed by atoms with Crippen molar-refractivity contribution in [1.82, 2.24) is 15.6 Å². The summed E-state index contributed by atoms with van der Waals surface area (Å²) in [4.78, 5) is 9.20. The molecule has 6 nitrogen and oxygen atoms in total. The van der Waals surface area contributed by atoms with Gasteiger partial charge in [0.1, 0.15) is 12.4 Å². The second-order valence-corrected chi connectivity index (χ2v) is 6.99. The minimum atomic E-state index is 0.518. The average molecular weight is 407 g/mol. The molecule has 0 aliphatic rings. The van der Waals surface area contributed by atoms with Gasteiger partial charge in [-0.05, 0) is 43.2 Å². The minimum Gasteiger partial charge on any atom is -0.491 e. The Hall–Kier alpha value is -3.12. The molecule has 0 saturated carbocycles. The lowest BCUT2D eigenvalue weighted by atomic mass is 10.1. The van der Waals surface area contributed by atoms with Gasteiger partial charge in [0, 0.05) is 37.3 Å². The number of ether oxygens (including phenoxy) is 2. The third-order valence-corrected chi connectivity index (χ3v) is 4.71. The van der Waals surface area contributed by atoms with Crippen LogP contribution in [0.5, 0.6) is 5.75 Å². The Morgan fingerprint density at radius 3 is 2.73 bits per heavy atom. The van der Waals surface area contributed by atoms with E-state index in [9.17, 15) is 0 Å². The van der Waals surface area contributed by atoms with Crippen LogP contribution in [0.4, 0.5) is 0 Å². The number of benzene rings is 2. The fourth-order valence-corrected chi connectivity index (χ4v) is 3.16. The summed E-state index contributed by atoms with van der Waals surface area (Å²) in [7, 11) is 1.67. The predicted octanol–water partition coefficient (Wildman–Crippen LogP) is 3.82. The average Bonchev–Trinajstić information content (AvgIpc) is 2.77. The van der Waals surface area contributed by atoms with Crippen molar-refractivity contribution in [3.05, 3.63) is 71.4 Å². The molecule has 0 atom stereocenters. The monoisotopic (exact) mass is 406 g/mol. The van der Waals surface area contributed by atoms with Crippen LogP contribution >= 0.6 is 0 Å². The summed E-state index contributed by atoms with van der Waals surface area (Å²) in [6, 6.07) is 16.4. The van der Waals surface area contributed by atoms with Crippen molar-refractivity contribution in [3.63, 3.8) is 0 Å². The van der Waals surface area contributed by atoms with Gasteiger partial charge in [-0.25, -0.2) is 4.99 Å². The highest BCUT2D eigenvalue weighted by Gasteiger charge is 2.06. The molecule has 1 heterocycles. The largest absolute Gasteiger partial charge is 0.491 e. The molecule has 2 aromatic carbocycles. The number of hydrogen-bond donors (Lipinski definition) is 2. The Bertz CT molecular complexity index is 983. The number of aliphatic imine (C=N–C) groups is 1. The molecule has 0 spiro atoms. The number of rotatable bonds is 9.